The molecule has 0 saturated heterocycles. The van der Waals surface area contributed by atoms with Gasteiger partial charge in [-0.15, -0.1) is 0 Å². The molecule has 0 radical (unpaired) electrons. The molecule has 0 amide bonds. The smallest absolute Gasteiger partial charge is 0.218 e. The molecular formula is C25H19Cl3N4O2. The summed E-state index contributed by atoms with van der Waals surface area (Å²) in [7, 11) is 0. The van der Waals surface area contributed by atoms with Gasteiger partial charge in [0.2, 0.25) is 11.4 Å². The summed E-state index contributed by atoms with van der Waals surface area (Å²) in [6.45, 7) is 3.98. The lowest BCUT2D eigenvalue weighted by molar-refractivity contribution is -0.0863. The molecule has 0 spiro atoms. The number of anilines is 2. The van der Waals surface area contributed by atoms with Crippen molar-refractivity contribution in [2.24, 2.45) is 10.3 Å². The van der Waals surface area contributed by atoms with Crippen molar-refractivity contribution < 1.29 is 9.68 Å². The number of amidine groups is 2. The van der Waals surface area contributed by atoms with Crippen LogP contribution in [0, 0.1) is 0 Å². The van der Waals surface area contributed by atoms with Gasteiger partial charge in [0, 0.05) is 26.2 Å². The molecule has 9 heteroatoms. The first kappa shape index (κ1) is 21.6. The van der Waals surface area contributed by atoms with Gasteiger partial charge in [0.25, 0.3) is 0 Å². The van der Waals surface area contributed by atoms with E-state index in [1.165, 1.54) is 0 Å². The Bertz CT molecular complexity index is 1360. The van der Waals surface area contributed by atoms with Crippen LogP contribution < -0.4 is 9.80 Å². The molecule has 3 heterocycles. The van der Waals surface area contributed by atoms with E-state index >= 15 is 0 Å². The molecule has 0 aliphatic carbocycles. The normalized spacial score (nSPS) is 24.9. The molecule has 0 N–H and O–H groups in total. The zero-order valence-electron chi connectivity index (χ0n) is 18.3. The largest absolute Gasteiger partial charge is 0.365 e. The quantitative estimate of drug-likeness (QED) is 0.375. The Labute approximate surface area is 211 Å². The van der Waals surface area contributed by atoms with Gasteiger partial charge < -0.3 is 9.68 Å². The monoisotopic (exact) mass is 512 g/mol. The fourth-order valence-corrected chi connectivity index (χ4v) is 5.31. The number of fused-ring (bicyclic) bond motifs is 5. The van der Waals surface area contributed by atoms with Crippen LogP contribution in [-0.4, -0.2) is 23.1 Å². The van der Waals surface area contributed by atoms with E-state index in [2.05, 4.69) is 20.1 Å². The molecule has 6 nitrogen and oxygen atoms in total. The van der Waals surface area contributed by atoms with E-state index in [9.17, 15) is 0 Å². The third-order valence-electron chi connectivity index (χ3n) is 6.31. The predicted molar refractivity (Wildman–Crippen MR) is 136 cm³/mol. The van der Waals surface area contributed by atoms with Crippen molar-refractivity contribution in [2.75, 3.05) is 9.80 Å². The SMILES string of the molecule is C[C@@]12C[C@@]3(C)ON=C(c4ccc(Cl)cc4)N3c3cc(Cl)ccc3N1C(c1ccc(Cl)cc1)=NO2. The summed E-state index contributed by atoms with van der Waals surface area (Å²) in [5, 5.41) is 10.9. The Morgan fingerprint density at radius 2 is 1.09 bits per heavy atom. The fraction of sp³-hybridized carbons (Fsp3) is 0.200. The standard InChI is InChI=1S/C25H19Cl3N4O2/c1-24-14-25(2)32(23(30-34-25)16-5-9-18(27)10-6-16)21-13-19(28)11-12-20(21)31(24)22(29-33-24)15-3-7-17(26)8-4-15/h3-13H,14H2,1-2H3/t24-,25-/m1/s1. The molecule has 3 aromatic rings. The van der Waals surface area contributed by atoms with Gasteiger partial charge in [-0.25, -0.2) is 0 Å². The van der Waals surface area contributed by atoms with E-state index in [1.54, 1.807) is 0 Å². The first-order valence-electron chi connectivity index (χ1n) is 10.7. The van der Waals surface area contributed by atoms with Crippen LogP contribution in [0.5, 0.6) is 0 Å². The van der Waals surface area contributed by atoms with Crippen LogP contribution in [0.15, 0.2) is 77.0 Å². The molecule has 0 bridgehead atoms. The van der Waals surface area contributed by atoms with Crippen LogP contribution in [0.25, 0.3) is 0 Å². The molecule has 34 heavy (non-hydrogen) atoms. The van der Waals surface area contributed by atoms with Crippen LogP contribution in [0.1, 0.15) is 31.4 Å². The number of oxime groups is 2. The summed E-state index contributed by atoms with van der Waals surface area (Å²) in [5.41, 5.74) is 1.76. The van der Waals surface area contributed by atoms with Crippen LogP contribution in [-0.2, 0) is 9.68 Å². The number of hydrogen-bond acceptors (Lipinski definition) is 6. The van der Waals surface area contributed by atoms with Crippen molar-refractivity contribution in [1.29, 1.82) is 0 Å². The van der Waals surface area contributed by atoms with Crippen molar-refractivity contribution >= 4 is 57.8 Å². The molecular weight excluding hydrogens is 495 g/mol. The van der Waals surface area contributed by atoms with E-state index in [-0.39, 0.29) is 0 Å². The third kappa shape index (κ3) is 3.24. The van der Waals surface area contributed by atoms with Crippen molar-refractivity contribution in [3.63, 3.8) is 0 Å². The highest BCUT2D eigenvalue weighted by atomic mass is 35.5. The van der Waals surface area contributed by atoms with Gasteiger partial charge in [-0.2, -0.15) is 0 Å². The van der Waals surface area contributed by atoms with Gasteiger partial charge in [-0.05, 0) is 80.6 Å². The third-order valence-corrected chi connectivity index (χ3v) is 7.05. The summed E-state index contributed by atoms with van der Waals surface area (Å²) in [6.07, 6.45) is 0.438. The lowest BCUT2D eigenvalue weighted by Gasteiger charge is -2.36. The van der Waals surface area contributed by atoms with E-state index < -0.39 is 11.4 Å². The second kappa shape index (κ2) is 7.54. The Kier molecular flexibility index (Phi) is 4.79. The fourth-order valence-electron chi connectivity index (χ4n) is 4.89. The number of nitrogens with zero attached hydrogens (tertiary/aromatic N) is 4. The van der Waals surface area contributed by atoms with E-state index in [0.717, 1.165) is 22.5 Å². The first-order chi connectivity index (χ1) is 16.3. The molecule has 6 rings (SSSR count). The van der Waals surface area contributed by atoms with Crippen molar-refractivity contribution in [1.82, 2.24) is 0 Å². The molecule has 0 unspecified atom stereocenters. The van der Waals surface area contributed by atoms with Gasteiger partial charge >= 0.3 is 0 Å². The molecule has 0 fully saturated rings. The minimum Gasteiger partial charge on any atom is -0.365 e. The molecule has 0 saturated carbocycles. The van der Waals surface area contributed by atoms with Crippen LogP contribution in [0.2, 0.25) is 15.1 Å². The lowest BCUT2D eigenvalue weighted by atomic mass is 9.99. The zero-order valence-corrected chi connectivity index (χ0v) is 20.6. The van der Waals surface area contributed by atoms with E-state index in [0.29, 0.717) is 33.2 Å². The highest BCUT2D eigenvalue weighted by Gasteiger charge is 2.58. The van der Waals surface area contributed by atoms with Crippen molar-refractivity contribution in [2.45, 2.75) is 31.7 Å². The second-order valence-electron chi connectivity index (χ2n) is 8.86. The molecule has 3 aromatic carbocycles. The topological polar surface area (TPSA) is 49.7 Å². The van der Waals surface area contributed by atoms with Gasteiger partial charge in [-0.3, -0.25) is 9.80 Å². The minimum absolute atomic E-state index is 0.438. The van der Waals surface area contributed by atoms with Gasteiger partial charge in [-0.1, -0.05) is 45.1 Å². The molecule has 0 aromatic heterocycles. The maximum absolute atomic E-state index is 6.51. The Morgan fingerprint density at radius 1 is 0.647 bits per heavy atom. The average molecular weight is 514 g/mol. The van der Waals surface area contributed by atoms with Crippen molar-refractivity contribution in [3.05, 3.63) is 92.9 Å². The number of benzene rings is 3. The van der Waals surface area contributed by atoms with E-state index in [4.69, 9.17) is 44.5 Å². The van der Waals surface area contributed by atoms with Crippen molar-refractivity contribution in [3.8, 4) is 0 Å². The summed E-state index contributed by atoms with van der Waals surface area (Å²) in [4.78, 5) is 16.4. The van der Waals surface area contributed by atoms with Gasteiger partial charge in [0.05, 0.1) is 17.8 Å². The summed E-state index contributed by atoms with van der Waals surface area (Å²) < 4.78 is 0. The number of hydrogen-bond donors (Lipinski definition) is 0. The lowest BCUT2D eigenvalue weighted by Crippen LogP contribution is -2.53. The second-order valence-corrected chi connectivity index (χ2v) is 10.2. The van der Waals surface area contributed by atoms with Crippen LogP contribution >= 0.6 is 34.8 Å². The van der Waals surface area contributed by atoms with Crippen LogP contribution in [0.3, 0.4) is 0 Å². The zero-order chi connectivity index (χ0) is 23.7. The Hall–Kier alpha value is -2.93. The number of rotatable bonds is 2. The van der Waals surface area contributed by atoms with E-state index in [1.807, 2.05) is 80.6 Å². The maximum Gasteiger partial charge on any atom is 0.218 e. The average Bonchev–Trinajstić information content (AvgIpc) is 3.29. The highest BCUT2D eigenvalue weighted by molar-refractivity contribution is 6.32. The summed E-state index contributed by atoms with van der Waals surface area (Å²) in [5.74, 6) is 1.34. The molecule has 172 valence electrons. The summed E-state index contributed by atoms with van der Waals surface area (Å²) >= 11 is 18.8. The maximum atomic E-state index is 6.51. The van der Waals surface area contributed by atoms with Crippen LogP contribution in [0.4, 0.5) is 11.4 Å². The van der Waals surface area contributed by atoms with Gasteiger partial charge in [0.1, 0.15) is 0 Å². The number of halogens is 3. The molecule has 2 atom stereocenters. The highest BCUT2D eigenvalue weighted by Crippen LogP contribution is 2.51. The first-order valence-corrected chi connectivity index (χ1v) is 11.9. The Balaban J connectivity index is 1.54. The molecule has 3 aliphatic heterocycles. The minimum atomic E-state index is -0.858. The summed E-state index contributed by atoms with van der Waals surface area (Å²) in [6, 6.07) is 20.8. The predicted octanol–water partition coefficient (Wildman–Crippen LogP) is 6.88. The Morgan fingerprint density at radius 3 is 1.59 bits per heavy atom. The van der Waals surface area contributed by atoms with Gasteiger partial charge in [0.15, 0.2) is 11.7 Å². The molecule has 3 aliphatic rings.